The Morgan fingerprint density at radius 3 is 2.55 bits per heavy atom. The fourth-order valence-electron chi connectivity index (χ4n) is 6.88. The number of ether oxygens (including phenoxy) is 1. The summed E-state index contributed by atoms with van der Waals surface area (Å²) in [5.74, 6) is -0.419. The van der Waals surface area contributed by atoms with E-state index in [0.717, 1.165) is 40.8 Å². The smallest absolute Gasteiger partial charge is 0.355 e. The minimum absolute atomic E-state index is 0.0363. The molecule has 2 aromatic heterocycles. The van der Waals surface area contributed by atoms with Gasteiger partial charge >= 0.3 is 5.97 Å². The number of nitrogens with zero attached hydrogens (tertiary/aromatic N) is 1. The lowest BCUT2D eigenvalue weighted by atomic mass is 9.93. The maximum Gasteiger partial charge on any atom is 0.355 e. The quantitative estimate of drug-likeness (QED) is 0.209. The van der Waals surface area contributed by atoms with Crippen molar-refractivity contribution in [2.75, 3.05) is 11.9 Å². The van der Waals surface area contributed by atoms with Crippen LogP contribution >= 0.6 is 11.3 Å². The lowest BCUT2D eigenvalue weighted by molar-refractivity contribution is 0.0691. The van der Waals surface area contributed by atoms with Crippen LogP contribution in [-0.2, 0) is 13.0 Å². The predicted octanol–water partition coefficient (Wildman–Crippen LogP) is 5.74. The average molecular weight is 609 g/mol. The first kappa shape index (κ1) is 28.2. The number of hydrogen-bond donors (Lipinski definition) is 4. The SMILES string of the molecule is NCc1ccc(NC(=O)c2cc3c(cc2-c2ccc(C(=O)N[C@@H]4C[C@@H]5CC[C@H]4C5)nc2C(=O)O)OCCc2ccsc2-3)cc1. The van der Waals surface area contributed by atoms with Crippen molar-refractivity contribution in [2.24, 2.45) is 17.6 Å². The Balaban J connectivity index is 1.29. The molecule has 44 heavy (non-hydrogen) atoms. The number of carboxylic acid groups (broad SMARTS) is 1. The topological polar surface area (TPSA) is 144 Å². The zero-order valence-corrected chi connectivity index (χ0v) is 24.8. The van der Waals surface area contributed by atoms with Gasteiger partial charge in [0.25, 0.3) is 11.8 Å². The monoisotopic (exact) mass is 608 g/mol. The molecular weight excluding hydrogens is 576 g/mol. The Kier molecular flexibility index (Phi) is 7.39. The number of benzene rings is 2. The van der Waals surface area contributed by atoms with Gasteiger partial charge < -0.3 is 26.2 Å². The van der Waals surface area contributed by atoms with Crippen LogP contribution in [-0.4, -0.2) is 40.5 Å². The molecule has 4 aromatic rings. The molecule has 7 rings (SSSR count). The van der Waals surface area contributed by atoms with E-state index in [9.17, 15) is 19.5 Å². The standard InChI is InChI=1S/C34H32N4O5S/c35-17-18-2-5-22(6-3-18)36-32(39)25-15-26-29(43-11-9-20-10-12-44-31(20)26)16-24(25)23-7-8-27(37-30(23)34(41)42)33(40)38-28-14-19-1-4-21(28)13-19/h2-3,5-8,10,12,15-16,19,21,28H,1,4,9,11,13-14,17,35H2,(H,36,39)(H,38,40)(H,41,42)/t19-,21+,28-/m1/s1. The molecule has 0 radical (unpaired) electrons. The first-order chi connectivity index (χ1) is 21.4. The van der Waals surface area contributed by atoms with Crippen LogP contribution in [0.15, 0.2) is 60.0 Å². The molecule has 3 atom stereocenters. The maximum absolute atomic E-state index is 13.9. The number of pyridine rings is 1. The van der Waals surface area contributed by atoms with E-state index in [4.69, 9.17) is 10.5 Å². The van der Waals surface area contributed by atoms with Gasteiger partial charge in [0.05, 0.1) is 6.61 Å². The highest BCUT2D eigenvalue weighted by Crippen LogP contribution is 2.45. The van der Waals surface area contributed by atoms with Crippen molar-refractivity contribution in [1.29, 1.82) is 0 Å². The number of carbonyl (C=O) groups is 3. The highest BCUT2D eigenvalue weighted by atomic mass is 32.1. The first-order valence-corrected chi connectivity index (χ1v) is 15.8. The number of rotatable bonds is 7. The Hall–Kier alpha value is -4.54. The zero-order chi connectivity index (χ0) is 30.4. The molecule has 10 heteroatoms. The molecule has 0 saturated heterocycles. The molecule has 224 valence electrons. The number of nitrogens with one attached hydrogen (secondary N) is 2. The molecule has 2 aliphatic carbocycles. The Morgan fingerprint density at radius 1 is 0.977 bits per heavy atom. The minimum Gasteiger partial charge on any atom is -0.493 e. The molecule has 2 saturated carbocycles. The average Bonchev–Trinajstić information content (AvgIpc) is 3.77. The van der Waals surface area contributed by atoms with E-state index in [2.05, 4.69) is 21.7 Å². The molecule has 0 unspecified atom stereocenters. The second-order valence-corrected chi connectivity index (χ2v) is 12.7. The third kappa shape index (κ3) is 5.24. The summed E-state index contributed by atoms with van der Waals surface area (Å²) in [7, 11) is 0. The van der Waals surface area contributed by atoms with Crippen molar-refractivity contribution < 1.29 is 24.2 Å². The molecule has 2 bridgehead atoms. The lowest BCUT2D eigenvalue weighted by Gasteiger charge is -2.23. The van der Waals surface area contributed by atoms with Gasteiger partial charge in [-0.1, -0.05) is 18.6 Å². The Morgan fingerprint density at radius 2 is 1.82 bits per heavy atom. The number of nitrogens with two attached hydrogens (primary N) is 1. The summed E-state index contributed by atoms with van der Waals surface area (Å²) < 4.78 is 6.12. The van der Waals surface area contributed by atoms with Gasteiger partial charge in [-0.05, 0) is 90.1 Å². The van der Waals surface area contributed by atoms with E-state index in [1.54, 1.807) is 41.7 Å². The van der Waals surface area contributed by atoms with Gasteiger partial charge in [0.1, 0.15) is 11.4 Å². The van der Waals surface area contributed by atoms with Gasteiger partial charge in [0, 0.05) is 51.8 Å². The normalized spacial score (nSPS) is 19.8. The summed E-state index contributed by atoms with van der Waals surface area (Å²) >= 11 is 1.57. The van der Waals surface area contributed by atoms with Crippen LogP contribution in [0.2, 0.25) is 0 Å². The highest BCUT2D eigenvalue weighted by Gasteiger charge is 2.40. The van der Waals surface area contributed by atoms with Gasteiger partial charge in [0.15, 0.2) is 5.69 Å². The van der Waals surface area contributed by atoms with Crippen LogP contribution in [0.25, 0.3) is 21.6 Å². The van der Waals surface area contributed by atoms with Crippen LogP contribution in [0, 0.1) is 11.8 Å². The summed E-state index contributed by atoms with van der Waals surface area (Å²) in [5.41, 5.74) is 9.70. The molecule has 0 spiro atoms. The van der Waals surface area contributed by atoms with Crippen LogP contribution < -0.4 is 21.1 Å². The molecule has 9 nitrogen and oxygen atoms in total. The number of anilines is 1. The van der Waals surface area contributed by atoms with Crippen molar-refractivity contribution in [3.8, 4) is 27.3 Å². The van der Waals surface area contributed by atoms with Gasteiger partial charge in [-0.3, -0.25) is 9.59 Å². The Bertz CT molecular complexity index is 1780. The summed E-state index contributed by atoms with van der Waals surface area (Å²) in [6, 6.07) is 15.9. The van der Waals surface area contributed by atoms with Gasteiger partial charge in [-0.15, -0.1) is 11.3 Å². The van der Waals surface area contributed by atoms with Crippen molar-refractivity contribution in [3.63, 3.8) is 0 Å². The summed E-state index contributed by atoms with van der Waals surface area (Å²) in [6.45, 7) is 0.828. The van der Waals surface area contributed by atoms with E-state index >= 15 is 0 Å². The Labute approximate surface area is 258 Å². The van der Waals surface area contributed by atoms with Crippen molar-refractivity contribution in [2.45, 2.75) is 44.7 Å². The number of amides is 2. The molecule has 3 heterocycles. The number of carboxylic acids is 1. The second-order valence-electron chi connectivity index (χ2n) is 11.8. The fourth-order valence-corrected chi connectivity index (χ4v) is 7.86. The predicted molar refractivity (Wildman–Crippen MR) is 168 cm³/mol. The number of aromatic nitrogens is 1. The minimum atomic E-state index is -1.30. The van der Waals surface area contributed by atoms with Crippen LogP contribution in [0.5, 0.6) is 5.75 Å². The number of carbonyl (C=O) groups excluding carboxylic acids is 2. The van der Waals surface area contributed by atoms with Gasteiger partial charge in [-0.2, -0.15) is 0 Å². The molecule has 5 N–H and O–H groups in total. The van der Waals surface area contributed by atoms with E-state index in [1.807, 2.05) is 17.5 Å². The summed E-state index contributed by atoms with van der Waals surface area (Å²) in [5, 5.41) is 18.3. The van der Waals surface area contributed by atoms with E-state index < -0.39 is 11.9 Å². The molecule has 2 fully saturated rings. The van der Waals surface area contributed by atoms with Crippen molar-refractivity contribution >= 4 is 34.8 Å². The number of aromatic carboxylic acids is 1. The molecule has 3 aliphatic rings. The summed E-state index contributed by atoms with van der Waals surface area (Å²) in [6.07, 6.45) is 5.12. The third-order valence-corrected chi connectivity index (χ3v) is 10.1. The summed E-state index contributed by atoms with van der Waals surface area (Å²) in [4.78, 5) is 45.0. The van der Waals surface area contributed by atoms with E-state index in [-0.39, 0.29) is 34.5 Å². The van der Waals surface area contributed by atoms with Crippen LogP contribution in [0.3, 0.4) is 0 Å². The highest BCUT2D eigenvalue weighted by molar-refractivity contribution is 7.13. The third-order valence-electron chi connectivity index (χ3n) is 9.11. The van der Waals surface area contributed by atoms with Crippen molar-refractivity contribution in [3.05, 3.63) is 88.1 Å². The number of fused-ring (bicyclic) bond motifs is 5. The van der Waals surface area contributed by atoms with Crippen molar-refractivity contribution in [1.82, 2.24) is 10.3 Å². The molecule has 2 aromatic carbocycles. The van der Waals surface area contributed by atoms with Gasteiger partial charge in [0.2, 0.25) is 0 Å². The maximum atomic E-state index is 13.9. The molecule has 1 aliphatic heterocycles. The van der Waals surface area contributed by atoms with Crippen LogP contribution in [0.4, 0.5) is 5.69 Å². The largest absolute Gasteiger partial charge is 0.493 e. The molecular formula is C34H32N4O5S. The van der Waals surface area contributed by atoms with Crippen LogP contribution in [0.1, 0.15) is 68.1 Å². The zero-order valence-electron chi connectivity index (χ0n) is 24.0. The second kappa shape index (κ2) is 11.5. The lowest BCUT2D eigenvalue weighted by Crippen LogP contribution is -2.39. The number of thiophene rings is 1. The number of hydrogen-bond acceptors (Lipinski definition) is 7. The first-order valence-electron chi connectivity index (χ1n) is 14.9. The fraction of sp³-hybridized carbons (Fsp3) is 0.294. The molecule has 2 amide bonds. The van der Waals surface area contributed by atoms with Gasteiger partial charge in [-0.25, -0.2) is 9.78 Å². The van der Waals surface area contributed by atoms with E-state index in [1.165, 1.54) is 12.5 Å². The van der Waals surface area contributed by atoms with E-state index in [0.29, 0.717) is 48.4 Å².